The summed E-state index contributed by atoms with van der Waals surface area (Å²) in [5.74, 6) is 0. The van der Waals surface area contributed by atoms with Gasteiger partial charge in [0.1, 0.15) is 0 Å². The summed E-state index contributed by atoms with van der Waals surface area (Å²) in [6.45, 7) is 8.56. The van der Waals surface area contributed by atoms with Crippen LogP contribution in [0.4, 0.5) is 0 Å². The Kier molecular flexibility index (Phi) is 48.3. The van der Waals surface area contributed by atoms with E-state index in [-0.39, 0.29) is 54.4 Å². The van der Waals surface area contributed by atoms with E-state index < -0.39 is 31.3 Å². The molecule has 4 N–H and O–H groups in total. The van der Waals surface area contributed by atoms with Crippen LogP contribution in [-0.4, -0.2) is 58.6 Å². The molecule has 0 aliphatic carbocycles. The molecule has 21 heteroatoms. The van der Waals surface area contributed by atoms with Crippen molar-refractivity contribution in [2.75, 3.05) is 26.4 Å². The zero-order valence-corrected chi connectivity index (χ0v) is 39.0. The zero-order valence-electron chi connectivity index (χ0n) is 33.9. The molecular formula is C34H73O16P4Ti-. The van der Waals surface area contributed by atoms with E-state index >= 15 is 0 Å². The van der Waals surface area contributed by atoms with Gasteiger partial charge in [0.15, 0.2) is 0 Å². The van der Waals surface area contributed by atoms with Crippen molar-refractivity contribution in [1.29, 1.82) is 0 Å². The summed E-state index contributed by atoms with van der Waals surface area (Å²) in [6, 6.07) is 0. The smallest absolute Gasteiger partial charge is 0.481 e. The van der Waals surface area contributed by atoms with Gasteiger partial charge in [0.25, 0.3) is 0 Å². The molecule has 0 bridgehead atoms. The van der Waals surface area contributed by atoms with Gasteiger partial charge >= 0.3 is 31.3 Å². The van der Waals surface area contributed by atoms with Crippen LogP contribution in [0.15, 0.2) is 0 Å². The average molecular weight is 910 g/mol. The standard InChI is InChI=1S/2C16H36O7P2.C2HO2.Ti/c2*1-3-5-7-9-11-13-15-21-24(17,18)23-25(19,20)22-16-14-12-10-8-6-4-2;3-1-2-4;/h2*3-16H2,1-2H3,(H,17,18)(H,19,20);1H;/q;;-1;. The second-order valence-electron chi connectivity index (χ2n) is 12.7. The molecule has 0 rings (SSSR count). The minimum absolute atomic E-state index is 0. The van der Waals surface area contributed by atoms with Gasteiger partial charge in [-0.05, 0) is 25.7 Å². The van der Waals surface area contributed by atoms with Crippen LogP contribution in [0.1, 0.15) is 182 Å². The predicted molar refractivity (Wildman–Crippen MR) is 211 cm³/mol. The van der Waals surface area contributed by atoms with Crippen molar-refractivity contribution in [3.63, 3.8) is 0 Å². The van der Waals surface area contributed by atoms with Gasteiger partial charge in [-0.3, -0.25) is 18.1 Å². The first-order valence-corrected chi connectivity index (χ1v) is 25.7. The Morgan fingerprint density at radius 3 is 0.727 bits per heavy atom. The maximum Gasteiger partial charge on any atom is 0.481 e. The van der Waals surface area contributed by atoms with E-state index in [9.17, 15) is 37.8 Å². The molecule has 0 aliphatic heterocycles. The van der Waals surface area contributed by atoms with Crippen molar-refractivity contribution < 1.29 is 95.9 Å². The van der Waals surface area contributed by atoms with Crippen molar-refractivity contribution in [1.82, 2.24) is 0 Å². The van der Waals surface area contributed by atoms with E-state index in [1.54, 1.807) is 0 Å². The van der Waals surface area contributed by atoms with Gasteiger partial charge in [-0.15, -0.1) is 0 Å². The van der Waals surface area contributed by atoms with E-state index in [0.717, 1.165) is 109 Å². The number of unbranched alkanes of at least 4 members (excludes halogenated alkanes) is 20. The van der Waals surface area contributed by atoms with Gasteiger partial charge < -0.3 is 29.2 Å². The van der Waals surface area contributed by atoms with E-state index in [4.69, 9.17) is 27.7 Å². The van der Waals surface area contributed by atoms with Crippen molar-refractivity contribution in [2.24, 2.45) is 0 Å². The number of phosphoric ester groups is 4. The summed E-state index contributed by atoms with van der Waals surface area (Å²) in [6.07, 6.45) is 25.0. The molecule has 0 heterocycles. The first-order valence-electron chi connectivity index (χ1n) is 19.7. The van der Waals surface area contributed by atoms with Gasteiger partial charge in [-0.2, -0.15) is 14.9 Å². The SMILES string of the molecule is CCCCCCCCOP(=O)(O)OP(=O)(O)OCCCCCCCC.CCCCCCCCOP(=O)(O)OP(=O)(O)OCCCCCCCC.O=[C-]C=O.[Ti]. The number of rotatable bonds is 37. The summed E-state index contributed by atoms with van der Waals surface area (Å²) in [4.78, 5) is 55.4. The second-order valence-corrected chi connectivity index (χ2v) is 18.8. The van der Waals surface area contributed by atoms with Crippen molar-refractivity contribution in [2.45, 2.75) is 182 Å². The van der Waals surface area contributed by atoms with Crippen molar-refractivity contribution >= 4 is 43.9 Å². The quantitative estimate of drug-likeness (QED) is 0.0113. The molecule has 0 aromatic carbocycles. The summed E-state index contributed by atoms with van der Waals surface area (Å²) in [5, 5.41) is 0. The molecule has 4 unspecified atom stereocenters. The van der Waals surface area contributed by atoms with E-state index in [2.05, 4.69) is 36.3 Å². The second kappa shape index (κ2) is 42.7. The van der Waals surface area contributed by atoms with E-state index in [1.807, 2.05) is 0 Å². The summed E-state index contributed by atoms with van der Waals surface area (Å²) < 4.78 is 74.2. The Labute approximate surface area is 346 Å². The molecular weight excluding hydrogens is 836 g/mol. The summed E-state index contributed by atoms with van der Waals surface area (Å²) in [7, 11) is -18.3. The fourth-order valence-corrected chi connectivity index (χ4v) is 8.88. The molecule has 0 amide bonds. The van der Waals surface area contributed by atoms with Crippen LogP contribution in [0.25, 0.3) is 0 Å². The maximum absolute atomic E-state index is 11.7. The summed E-state index contributed by atoms with van der Waals surface area (Å²) >= 11 is 0. The number of hydrogen-bond donors (Lipinski definition) is 4. The third-order valence-electron chi connectivity index (χ3n) is 7.47. The minimum atomic E-state index is -4.58. The first kappa shape index (κ1) is 62.2. The third kappa shape index (κ3) is 52.6. The predicted octanol–water partition coefficient (Wildman–Crippen LogP) is 11.2. The van der Waals surface area contributed by atoms with Gasteiger partial charge in [0.05, 0.1) is 26.4 Å². The fraction of sp³-hybridized carbons (Fsp3) is 0.941. The molecule has 0 aromatic rings. The van der Waals surface area contributed by atoms with Crippen LogP contribution in [0, 0.1) is 0 Å². The maximum atomic E-state index is 11.7. The molecule has 0 aliphatic rings. The van der Waals surface area contributed by atoms with Crippen LogP contribution in [0.3, 0.4) is 0 Å². The fourth-order valence-electron chi connectivity index (χ4n) is 4.60. The number of phosphoric acid groups is 4. The number of carbonyl (C=O) groups excluding carboxylic acids is 2. The van der Waals surface area contributed by atoms with Crippen LogP contribution in [-0.2, 0) is 76.3 Å². The molecule has 55 heavy (non-hydrogen) atoms. The Balaban J connectivity index is -0.000000423. The van der Waals surface area contributed by atoms with Gasteiger partial charge in [-0.1, -0.05) is 156 Å². The Hall–Kier alpha value is 0.574. The Bertz CT molecular complexity index is 905. The molecule has 16 nitrogen and oxygen atoms in total. The molecule has 0 radical (unpaired) electrons. The van der Waals surface area contributed by atoms with Crippen molar-refractivity contribution in [3.8, 4) is 0 Å². The first-order chi connectivity index (χ1) is 25.6. The molecule has 0 spiro atoms. The van der Waals surface area contributed by atoms with Crippen molar-refractivity contribution in [3.05, 3.63) is 0 Å². The zero-order chi connectivity index (χ0) is 41.5. The van der Waals surface area contributed by atoms with Gasteiger partial charge in [0.2, 0.25) is 0 Å². The van der Waals surface area contributed by atoms with Crippen LogP contribution >= 0.6 is 31.3 Å². The number of carbonyl (C=O) groups is 1. The molecule has 330 valence electrons. The normalized spacial score (nSPS) is 15.3. The van der Waals surface area contributed by atoms with E-state index in [1.165, 1.54) is 25.7 Å². The largest absolute Gasteiger partial charge is 0.534 e. The summed E-state index contributed by atoms with van der Waals surface area (Å²) in [5.41, 5.74) is 0. The molecule has 0 saturated heterocycles. The molecule has 0 fully saturated rings. The molecule has 0 saturated carbocycles. The van der Waals surface area contributed by atoms with Gasteiger partial charge in [-0.25, -0.2) is 18.3 Å². The average Bonchev–Trinajstić information content (AvgIpc) is 3.09. The minimum Gasteiger partial charge on any atom is -0.534 e. The topological polar surface area (TPSA) is 239 Å². The number of aldehydes is 1. The van der Waals surface area contributed by atoms with E-state index in [0.29, 0.717) is 25.7 Å². The molecule has 4 atom stereocenters. The third-order valence-corrected chi connectivity index (χ3v) is 12.8. The Morgan fingerprint density at radius 2 is 0.564 bits per heavy atom. The number of hydrogen-bond acceptors (Lipinski definition) is 12. The van der Waals surface area contributed by atoms with Crippen LogP contribution < -0.4 is 0 Å². The monoisotopic (exact) mass is 909 g/mol. The van der Waals surface area contributed by atoms with Gasteiger partial charge in [0, 0.05) is 28.0 Å². The van der Waals surface area contributed by atoms with Crippen LogP contribution in [0.2, 0.25) is 0 Å². The Morgan fingerprint density at radius 1 is 0.400 bits per heavy atom. The molecule has 0 aromatic heterocycles. The van der Waals surface area contributed by atoms with Crippen LogP contribution in [0.5, 0.6) is 0 Å².